The van der Waals surface area contributed by atoms with Crippen LogP contribution in [0.25, 0.3) is 0 Å². The highest BCUT2D eigenvalue weighted by molar-refractivity contribution is 7.47. The molecule has 0 heterocycles. The Bertz CT molecular complexity index is 1800. The first-order chi connectivity index (χ1) is 44.9. The van der Waals surface area contributed by atoms with Crippen LogP contribution in [0.15, 0.2) is 0 Å². The summed E-state index contributed by atoms with van der Waals surface area (Å²) in [5.41, 5.74) is 0. The summed E-state index contributed by atoms with van der Waals surface area (Å²) in [6.07, 6.45) is 52.9. The topological polar surface area (TPSA) is 237 Å². The minimum atomic E-state index is -4.96. The minimum Gasteiger partial charge on any atom is -0.462 e. The van der Waals surface area contributed by atoms with Gasteiger partial charge in [0.05, 0.1) is 26.4 Å². The smallest absolute Gasteiger partial charge is 0.462 e. The Morgan fingerprint density at radius 1 is 0.290 bits per heavy atom. The Morgan fingerprint density at radius 3 is 0.731 bits per heavy atom. The van der Waals surface area contributed by atoms with Gasteiger partial charge in [-0.3, -0.25) is 37.3 Å². The first-order valence-electron chi connectivity index (χ1n) is 38.5. The molecule has 0 radical (unpaired) electrons. The fourth-order valence-corrected chi connectivity index (χ4v) is 12.9. The first kappa shape index (κ1) is 91.1. The van der Waals surface area contributed by atoms with Crippen LogP contribution in [-0.4, -0.2) is 96.7 Å². The molecule has 0 saturated heterocycles. The van der Waals surface area contributed by atoms with E-state index in [1.165, 1.54) is 193 Å². The molecule has 0 aliphatic carbocycles. The monoisotopic (exact) mass is 1370 g/mol. The summed E-state index contributed by atoms with van der Waals surface area (Å²) >= 11 is 0. The van der Waals surface area contributed by atoms with Crippen LogP contribution in [0.5, 0.6) is 0 Å². The van der Waals surface area contributed by atoms with Crippen LogP contribution in [0.3, 0.4) is 0 Å². The Morgan fingerprint density at radius 2 is 0.495 bits per heavy atom. The summed E-state index contributed by atoms with van der Waals surface area (Å²) in [5.74, 6) is -0.682. The average Bonchev–Trinajstić information content (AvgIpc) is 2.19. The molecule has 93 heavy (non-hydrogen) atoms. The second-order valence-corrected chi connectivity index (χ2v) is 30.5. The predicted molar refractivity (Wildman–Crippen MR) is 377 cm³/mol. The van der Waals surface area contributed by atoms with Crippen LogP contribution < -0.4 is 0 Å². The molecule has 0 rings (SSSR count). The van der Waals surface area contributed by atoms with Crippen molar-refractivity contribution < 1.29 is 80.2 Å². The number of unbranched alkanes of at least 4 members (excludes halogenated alkanes) is 43. The quantitative estimate of drug-likeness (QED) is 0.0222. The number of phosphoric ester groups is 2. The molecule has 0 bridgehead atoms. The zero-order valence-electron chi connectivity index (χ0n) is 60.6. The normalized spacial score (nSPS) is 14.1. The molecular weight excluding hydrogens is 1220 g/mol. The van der Waals surface area contributed by atoms with Crippen LogP contribution in [0, 0.1) is 11.8 Å². The molecule has 2 unspecified atom stereocenters. The number of ether oxygens (including phenoxy) is 4. The maximum atomic E-state index is 13.1. The third kappa shape index (κ3) is 68.4. The molecule has 0 saturated carbocycles. The molecule has 0 aliphatic heterocycles. The van der Waals surface area contributed by atoms with E-state index in [2.05, 4.69) is 41.5 Å². The van der Waals surface area contributed by atoms with Gasteiger partial charge in [-0.05, 0) is 37.5 Å². The highest BCUT2D eigenvalue weighted by Gasteiger charge is 2.30. The number of carbonyl (C=O) groups excluding carboxylic acids is 4. The van der Waals surface area contributed by atoms with Crippen LogP contribution in [0.4, 0.5) is 0 Å². The maximum absolute atomic E-state index is 13.1. The molecule has 5 atom stereocenters. The van der Waals surface area contributed by atoms with Crippen molar-refractivity contribution in [2.45, 2.75) is 400 Å². The zero-order valence-corrected chi connectivity index (χ0v) is 62.3. The average molecular weight is 1370 g/mol. The van der Waals surface area contributed by atoms with E-state index in [0.717, 1.165) is 102 Å². The molecule has 0 fully saturated rings. The fraction of sp³-hybridized carbons (Fsp3) is 0.946. The molecule has 3 N–H and O–H groups in total. The number of esters is 4. The summed E-state index contributed by atoms with van der Waals surface area (Å²) in [5, 5.41) is 10.6. The summed E-state index contributed by atoms with van der Waals surface area (Å²) in [4.78, 5) is 72.7. The molecule has 0 spiro atoms. The lowest BCUT2D eigenvalue weighted by atomic mass is 10.0. The van der Waals surface area contributed by atoms with Gasteiger partial charge in [0.25, 0.3) is 0 Å². The third-order valence-corrected chi connectivity index (χ3v) is 19.1. The van der Waals surface area contributed by atoms with Crippen molar-refractivity contribution in [3.05, 3.63) is 0 Å². The molecule has 0 aromatic heterocycles. The van der Waals surface area contributed by atoms with E-state index in [0.29, 0.717) is 31.6 Å². The fourth-order valence-electron chi connectivity index (χ4n) is 11.3. The van der Waals surface area contributed by atoms with E-state index in [-0.39, 0.29) is 25.7 Å². The van der Waals surface area contributed by atoms with Crippen LogP contribution in [-0.2, 0) is 65.4 Å². The van der Waals surface area contributed by atoms with E-state index in [1.807, 2.05) is 0 Å². The van der Waals surface area contributed by atoms with Gasteiger partial charge >= 0.3 is 39.5 Å². The molecule has 552 valence electrons. The Kier molecular flexibility index (Phi) is 64.6. The van der Waals surface area contributed by atoms with E-state index < -0.39 is 97.5 Å². The van der Waals surface area contributed by atoms with E-state index in [1.54, 1.807) is 0 Å². The van der Waals surface area contributed by atoms with Gasteiger partial charge in [-0.1, -0.05) is 330 Å². The van der Waals surface area contributed by atoms with Gasteiger partial charge < -0.3 is 33.8 Å². The van der Waals surface area contributed by atoms with E-state index in [9.17, 15) is 43.2 Å². The van der Waals surface area contributed by atoms with Crippen molar-refractivity contribution in [1.29, 1.82) is 0 Å². The van der Waals surface area contributed by atoms with Gasteiger partial charge in [-0.25, -0.2) is 9.13 Å². The number of phosphoric acid groups is 2. The SMILES string of the molecule is CCCCCCCCCCCCCCCCCCCCCC(=O)O[C@H](COC(=O)CCCCCCCCCCCCC(C)C)COP(=O)(O)OC[C@@H](O)COP(=O)(O)OC[C@@H](COC(=O)CCCCCCCCC(C)C)OC(=O)CCCCCCCCCCCCCC. The van der Waals surface area contributed by atoms with Gasteiger partial charge in [-0.2, -0.15) is 0 Å². The number of rotatable bonds is 73. The standard InChI is InChI=1S/C74H144O17P2/c1-7-9-11-13-15-17-19-21-22-23-24-25-26-27-29-35-39-47-53-59-74(79)90-69(62-84-71(76)56-50-44-37-33-31-30-32-36-42-48-54-66(3)4)64-88-92(80,81)86-60-68(75)61-87-93(82,83)89-65-70(63-85-72(77)57-51-45-41-40-43-49-55-67(5)6)91-73(78)58-52-46-38-34-28-20-18-16-14-12-10-8-2/h66-70,75H,7-65H2,1-6H3,(H,80,81)(H,82,83)/t68-,69-,70-/m1/s1. The lowest BCUT2D eigenvalue weighted by Gasteiger charge is -2.21. The Balaban J connectivity index is 5.21. The van der Waals surface area contributed by atoms with E-state index >= 15 is 0 Å². The molecule has 19 heteroatoms. The summed E-state index contributed by atoms with van der Waals surface area (Å²) in [6, 6.07) is 0. The van der Waals surface area contributed by atoms with E-state index in [4.69, 9.17) is 37.0 Å². The second-order valence-electron chi connectivity index (χ2n) is 27.6. The van der Waals surface area contributed by atoms with Crippen LogP contribution in [0.1, 0.15) is 382 Å². The van der Waals surface area contributed by atoms with Crippen molar-refractivity contribution in [3.63, 3.8) is 0 Å². The van der Waals surface area contributed by atoms with Crippen LogP contribution in [0.2, 0.25) is 0 Å². The molecule has 0 aromatic rings. The maximum Gasteiger partial charge on any atom is 0.472 e. The predicted octanol–water partition coefficient (Wildman–Crippen LogP) is 21.6. The van der Waals surface area contributed by atoms with Gasteiger partial charge in [-0.15, -0.1) is 0 Å². The van der Waals surface area contributed by atoms with Gasteiger partial charge in [0.1, 0.15) is 19.3 Å². The minimum absolute atomic E-state index is 0.106. The number of hydrogen-bond acceptors (Lipinski definition) is 15. The third-order valence-electron chi connectivity index (χ3n) is 17.2. The van der Waals surface area contributed by atoms with Crippen molar-refractivity contribution in [1.82, 2.24) is 0 Å². The molecule has 0 aromatic carbocycles. The van der Waals surface area contributed by atoms with Gasteiger partial charge in [0, 0.05) is 25.7 Å². The van der Waals surface area contributed by atoms with Crippen molar-refractivity contribution in [3.8, 4) is 0 Å². The highest BCUT2D eigenvalue weighted by Crippen LogP contribution is 2.45. The van der Waals surface area contributed by atoms with Gasteiger partial charge in [0.15, 0.2) is 12.2 Å². The van der Waals surface area contributed by atoms with Crippen molar-refractivity contribution >= 4 is 39.5 Å². The summed E-state index contributed by atoms with van der Waals surface area (Å²) in [6.45, 7) is 9.49. The lowest BCUT2D eigenvalue weighted by Crippen LogP contribution is -2.30. The number of hydrogen-bond donors (Lipinski definition) is 3. The number of aliphatic hydroxyl groups is 1. The highest BCUT2D eigenvalue weighted by atomic mass is 31.2. The molecule has 0 aliphatic rings. The molecule has 0 amide bonds. The number of aliphatic hydroxyl groups excluding tert-OH is 1. The van der Waals surface area contributed by atoms with Crippen molar-refractivity contribution in [2.24, 2.45) is 11.8 Å². The van der Waals surface area contributed by atoms with Gasteiger partial charge in [0.2, 0.25) is 0 Å². The summed E-state index contributed by atoms with van der Waals surface area (Å²) in [7, 11) is -9.91. The second kappa shape index (κ2) is 66.0. The largest absolute Gasteiger partial charge is 0.472 e. The van der Waals surface area contributed by atoms with Crippen LogP contribution >= 0.6 is 15.6 Å². The zero-order chi connectivity index (χ0) is 68.6. The Hall–Kier alpha value is -1.94. The lowest BCUT2D eigenvalue weighted by molar-refractivity contribution is -0.161. The summed E-state index contributed by atoms with van der Waals surface area (Å²) < 4.78 is 68.4. The Labute approximate surface area is 568 Å². The molecule has 17 nitrogen and oxygen atoms in total. The van der Waals surface area contributed by atoms with Crippen molar-refractivity contribution in [2.75, 3.05) is 39.6 Å². The number of carbonyl (C=O) groups is 4. The first-order valence-corrected chi connectivity index (χ1v) is 41.5. The molecular formula is C74H144O17P2.